The average Bonchev–Trinajstić information content (AvgIpc) is 2.96. The summed E-state index contributed by atoms with van der Waals surface area (Å²) in [6.07, 6.45) is 1.26. The van der Waals surface area contributed by atoms with E-state index in [9.17, 15) is 4.79 Å². The molecule has 1 saturated carbocycles. The number of aliphatic carboxylic acids is 1. The van der Waals surface area contributed by atoms with Gasteiger partial charge in [0.1, 0.15) is 0 Å². The van der Waals surface area contributed by atoms with Crippen molar-refractivity contribution < 1.29 is 9.90 Å². The third-order valence-electron chi connectivity index (χ3n) is 3.64. The minimum Gasteiger partial charge on any atom is -0.481 e. The van der Waals surface area contributed by atoms with Crippen LogP contribution in [0.4, 0.5) is 0 Å². The minimum absolute atomic E-state index is 0.0591. The summed E-state index contributed by atoms with van der Waals surface area (Å²) in [7, 11) is 0. The Labute approximate surface area is 115 Å². The van der Waals surface area contributed by atoms with E-state index in [0.717, 1.165) is 28.7 Å². The van der Waals surface area contributed by atoms with Crippen LogP contribution in [0.1, 0.15) is 13.3 Å². The molecular formula is C14H16N2O2S. The lowest BCUT2D eigenvalue weighted by molar-refractivity contribution is -0.133. The summed E-state index contributed by atoms with van der Waals surface area (Å²) in [4.78, 5) is 15.3. The van der Waals surface area contributed by atoms with Crippen molar-refractivity contribution in [3.8, 4) is 0 Å². The van der Waals surface area contributed by atoms with Crippen LogP contribution in [-0.2, 0) is 11.3 Å². The van der Waals surface area contributed by atoms with Crippen molar-refractivity contribution in [2.24, 2.45) is 11.8 Å². The number of hydrogen-bond donors (Lipinski definition) is 1. The zero-order valence-corrected chi connectivity index (χ0v) is 11.6. The molecule has 1 aliphatic carbocycles. The van der Waals surface area contributed by atoms with Crippen molar-refractivity contribution in [2.75, 3.05) is 5.75 Å². The zero-order chi connectivity index (χ0) is 13.4. The standard InChI is InChI=1S/C14H16N2O2S/c1-9-6-10(9)7-16-12-5-3-2-4-11(12)15-14(16)19-8-13(17)18/h2-5,9-10H,6-8H2,1H3,(H,17,18). The zero-order valence-electron chi connectivity index (χ0n) is 10.7. The van der Waals surface area contributed by atoms with Gasteiger partial charge in [-0.1, -0.05) is 30.8 Å². The van der Waals surface area contributed by atoms with Crippen LogP contribution >= 0.6 is 11.8 Å². The summed E-state index contributed by atoms with van der Waals surface area (Å²) in [5.41, 5.74) is 2.05. The third-order valence-corrected chi connectivity index (χ3v) is 4.60. The van der Waals surface area contributed by atoms with Crippen LogP contribution in [0, 0.1) is 11.8 Å². The van der Waals surface area contributed by atoms with Crippen molar-refractivity contribution in [2.45, 2.75) is 25.0 Å². The number of thioether (sulfide) groups is 1. The first-order valence-electron chi connectivity index (χ1n) is 6.45. The highest BCUT2D eigenvalue weighted by Gasteiger charge is 2.33. The van der Waals surface area contributed by atoms with Crippen molar-refractivity contribution in [3.63, 3.8) is 0 Å². The van der Waals surface area contributed by atoms with Gasteiger partial charge in [0.05, 0.1) is 16.8 Å². The van der Waals surface area contributed by atoms with E-state index < -0.39 is 5.97 Å². The SMILES string of the molecule is CC1CC1Cn1c(SCC(=O)O)nc2ccccc21. The molecule has 2 aromatic rings. The van der Waals surface area contributed by atoms with Crippen molar-refractivity contribution in [1.29, 1.82) is 0 Å². The second-order valence-electron chi connectivity index (χ2n) is 5.15. The van der Waals surface area contributed by atoms with E-state index in [1.54, 1.807) is 0 Å². The molecule has 5 heteroatoms. The molecule has 0 aliphatic heterocycles. The van der Waals surface area contributed by atoms with Crippen molar-refractivity contribution in [1.82, 2.24) is 9.55 Å². The molecular weight excluding hydrogens is 260 g/mol. The van der Waals surface area contributed by atoms with E-state index in [1.165, 1.54) is 18.2 Å². The minimum atomic E-state index is -0.802. The number of imidazole rings is 1. The maximum absolute atomic E-state index is 10.7. The normalized spacial score (nSPS) is 21.7. The van der Waals surface area contributed by atoms with Crippen molar-refractivity contribution in [3.05, 3.63) is 24.3 Å². The second-order valence-corrected chi connectivity index (χ2v) is 6.09. The predicted octanol–water partition coefficient (Wildman–Crippen LogP) is 2.87. The number of hydrogen-bond acceptors (Lipinski definition) is 3. The highest BCUT2D eigenvalue weighted by molar-refractivity contribution is 7.99. The largest absolute Gasteiger partial charge is 0.481 e. The maximum atomic E-state index is 10.7. The summed E-state index contributed by atoms with van der Waals surface area (Å²) in [5, 5.41) is 9.64. The summed E-state index contributed by atoms with van der Waals surface area (Å²) in [6.45, 7) is 3.21. The number of carboxylic acid groups (broad SMARTS) is 1. The molecule has 1 aliphatic rings. The molecule has 1 N–H and O–H groups in total. The van der Waals surface area contributed by atoms with Gasteiger partial charge in [0, 0.05) is 6.54 Å². The molecule has 100 valence electrons. The van der Waals surface area contributed by atoms with Gasteiger partial charge < -0.3 is 9.67 Å². The van der Waals surface area contributed by atoms with Crippen LogP contribution in [0.5, 0.6) is 0 Å². The number of rotatable bonds is 5. The maximum Gasteiger partial charge on any atom is 0.313 e. The molecule has 2 atom stereocenters. The molecule has 1 aromatic heterocycles. The topological polar surface area (TPSA) is 55.1 Å². The smallest absolute Gasteiger partial charge is 0.313 e. The molecule has 1 heterocycles. The highest BCUT2D eigenvalue weighted by Crippen LogP contribution is 2.40. The van der Waals surface area contributed by atoms with Crippen LogP contribution < -0.4 is 0 Å². The van der Waals surface area contributed by atoms with Gasteiger partial charge in [-0.3, -0.25) is 4.79 Å². The lowest BCUT2D eigenvalue weighted by atomic mass is 10.3. The molecule has 1 aromatic carbocycles. The molecule has 0 bridgehead atoms. The monoisotopic (exact) mass is 276 g/mol. The van der Waals surface area contributed by atoms with Gasteiger partial charge >= 0.3 is 5.97 Å². The van der Waals surface area contributed by atoms with Gasteiger partial charge in [0.25, 0.3) is 0 Å². The van der Waals surface area contributed by atoms with Gasteiger partial charge in [0.2, 0.25) is 0 Å². The molecule has 1 fully saturated rings. The molecule has 2 unspecified atom stereocenters. The number of fused-ring (bicyclic) bond motifs is 1. The average molecular weight is 276 g/mol. The second kappa shape index (κ2) is 4.89. The van der Waals surface area contributed by atoms with Crippen LogP contribution in [0.25, 0.3) is 11.0 Å². The van der Waals surface area contributed by atoms with Gasteiger partial charge in [-0.25, -0.2) is 4.98 Å². The Kier molecular flexibility index (Phi) is 3.22. The van der Waals surface area contributed by atoms with Crippen LogP contribution in [0.3, 0.4) is 0 Å². The van der Waals surface area contributed by atoms with E-state index in [1.807, 2.05) is 18.2 Å². The van der Waals surface area contributed by atoms with Crippen LogP contribution in [0.2, 0.25) is 0 Å². The summed E-state index contributed by atoms with van der Waals surface area (Å²) in [5.74, 6) is 0.743. The number of carboxylic acids is 1. The lowest BCUT2D eigenvalue weighted by Gasteiger charge is -2.07. The number of nitrogens with zero attached hydrogens (tertiary/aromatic N) is 2. The summed E-state index contributed by atoms with van der Waals surface area (Å²) in [6, 6.07) is 8.00. The Morgan fingerprint density at radius 2 is 2.26 bits per heavy atom. The Balaban J connectivity index is 1.93. The Morgan fingerprint density at radius 1 is 1.53 bits per heavy atom. The van der Waals surface area contributed by atoms with E-state index in [-0.39, 0.29) is 5.75 Å². The molecule has 19 heavy (non-hydrogen) atoms. The van der Waals surface area contributed by atoms with E-state index >= 15 is 0 Å². The first-order chi connectivity index (χ1) is 9.15. The number of benzene rings is 1. The predicted molar refractivity (Wildman–Crippen MR) is 75.4 cm³/mol. The highest BCUT2D eigenvalue weighted by atomic mass is 32.2. The van der Waals surface area contributed by atoms with E-state index in [0.29, 0.717) is 5.92 Å². The fourth-order valence-corrected chi connectivity index (χ4v) is 3.10. The Hall–Kier alpha value is -1.49. The summed E-state index contributed by atoms with van der Waals surface area (Å²) < 4.78 is 2.18. The molecule has 3 rings (SSSR count). The molecule has 0 radical (unpaired) electrons. The first kappa shape index (κ1) is 12.5. The van der Waals surface area contributed by atoms with Crippen LogP contribution in [0.15, 0.2) is 29.4 Å². The van der Waals surface area contributed by atoms with E-state index in [4.69, 9.17) is 5.11 Å². The number of carbonyl (C=O) groups is 1. The van der Waals surface area contributed by atoms with E-state index in [2.05, 4.69) is 22.5 Å². The number of aromatic nitrogens is 2. The van der Waals surface area contributed by atoms with Gasteiger partial charge in [-0.2, -0.15) is 0 Å². The Bertz CT molecular complexity index is 623. The summed E-state index contributed by atoms with van der Waals surface area (Å²) >= 11 is 1.30. The number of para-hydroxylation sites is 2. The van der Waals surface area contributed by atoms with Crippen LogP contribution in [-0.4, -0.2) is 26.4 Å². The molecule has 0 amide bonds. The first-order valence-corrected chi connectivity index (χ1v) is 7.43. The molecule has 0 spiro atoms. The molecule has 4 nitrogen and oxygen atoms in total. The van der Waals surface area contributed by atoms with Gasteiger partial charge in [-0.05, 0) is 30.4 Å². The van der Waals surface area contributed by atoms with Gasteiger partial charge in [-0.15, -0.1) is 0 Å². The Morgan fingerprint density at radius 3 is 2.95 bits per heavy atom. The fourth-order valence-electron chi connectivity index (χ4n) is 2.35. The van der Waals surface area contributed by atoms with Crippen molar-refractivity contribution >= 4 is 28.8 Å². The van der Waals surface area contributed by atoms with Gasteiger partial charge in [0.15, 0.2) is 5.16 Å². The third kappa shape index (κ3) is 2.61. The lowest BCUT2D eigenvalue weighted by Crippen LogP contribution is -2.05. The quantitative estimate of drug-likeness (QED) is 0.853. The molecule has 0 saturated heterocycles. The fraction of sp³-hybridized carbons (Fsp3) is 0.429.